The average Bonchev–Trinajstić information content (AvgIpc) is 3.44. The third kappa shape index (κ3) is 25.8. The van der Waals surface area contributed by atoms with Gasteiger partial charge in [0.2, 0.25) is 5.91 Å². The van der Waals surface area contributed by atoms with Crippen molar-refractivity contribution >= 4 is 59.3 Å². The van der Waals surface area contributed by atoms with E-state index < -0.39 is 59.9 Å². The first kappa shape index (κ1) is 48.1. The van der Waals surface area contributed by atoms with Crippen LogP contribution in [0.1, 0.15) is 38.2 Å². The highest BCUT2D eigenvalue weighted by atomic mass is 32.1. The summed E-state index contributed by atoms with van der Waals surface area (Å²) >= 11 is 3.65. The molecule has 4 atom stereocenters. The Hall–Kier alpha value is -4.31. The average molecular weight is 708 g/mol. The van der Waals surface area contributed by atoms with Gasteiger partial charge in [-0.1, -0.05) is 25.1 Å². The van der Waals surface area contributed by atoms with Crippen LogP contribution in [-0.2, 0) is 35.2 Å². The molecule has 274 valence electrons. The number of H-pyrrole nitrogens is 1. The van der Waals surface area contributed by atoms with Gasteiger partial charge in [0, 0.05) is 42.3 Å². The minimum Gasteiger partial charge on any atom is -0.480 e. The third-order valence-corrected chi connectivity index (χ3v) is 5.89. The zero-order chi connectivity index (χ0) is 37.8. The Labute approximate surface area is 282 Å². The summed E-state index contributed by atoms with van der Waals surface area (Å²) in [6.07, 6.45) is 3.45. The van der Waals surface area contributed by atoms with Crippen molar-refractivity contribution in [2.45, 2.75) is 63.2 Å². The van der Waals surface area contributed by atoms with E-state index in [1.54, 1.807) is 0 Å². The Kier molecular flexibility index (Phi) is 28.9. The Morgan fingerprint density at radius 1 is 0.854 bits per heavy atom. The molecule has 0 aliphatic rings. The standard InChI is InChI=1S/C11H12N2O2.C7H15NO3.C5H10N2O3.C3H7NO2S.C2H5NO2/c12-9(11(14)15)5-7-6-13-10-4-2-1-3-8(7)10;1-2-4-8-6(3-5-9)7(10)11;6-3(5(9)10)1-2-4(7)8;4-2(1-7)3(5)6;3-1-2(4)5/h1-4,6,9,13H,5,12H2,(H,14,15);6,8-9H,2-5H2,1H3,(H,10,11);3H,1-2,6H2,(H2,7,8)(H,9,10);2,7H,1,4H2,(H,5,6);1,3H2,(H,4,5). The van der Waals surface area contributed by atoms with E-state index in [9.17, 15) is 28.8 Å². The summed E-state index contributed by atoms with van der Waals surface area (Å²) in [6.45, 7) is 2.27. The first-order chi connectivity index (χ1) is 22.4. The molecule has 1 amide bonds. The highest BCUT2D eigenvalue weighted by Crippen LogP contribution is 2.18. The van der Waals surface area contributed by atoms with Gasteiger partial charge in [0.25, 0.3) is 0 Å². The molecular weight excluding hydrogens is 658 g/mol. The number of hydrogen-bond donors (Lipinski definition) is 14. The van der Waals surface area contributed by atoms with Crippen molar-refractivity contribution in [1.82, 2.24) is 10.3 Å². The molecule has 18 N–H and O–H groups in total. The maximum absolute atomic E-state index is 10.6. The number of aliphatic hydroxyl groups excluding tert-OH is 1. The molecule has 0 bridgehead atoms. The zero-order valence-electron chi connectivity index (χ0n) is 26.5. The lowest BCUT2D eigenvalue weighted by Gasteiger charge is -2.11. The fraction of sp³-hybridized carbons (Fsp3) is 0.500. The van der Waals surface area contributed by atoms with Gasteiger partial charge in [0.1, 0.15) is 24.2 Å². The summed E-state index contributed by atoms with van der Waals surface area (Å²) in [5.41, 5.74) is 26.8. The number of amides is 1. The minimum atomic E-state index is -1.11. The van der Waals surface area contributed by atoms with E-state index in [2.05, 4.69) is 28.7 Å². The number of fused-ring (bicyclic) bond motifs is 1. The van der Waals surface area contributed by atoms with E-state index in [4.69, 9.17) is 53.6 Å². The number of benzene rings is 1. The van der Waals surface area contributed by atoms with Gasteiger partial charge in [-0.3, -0.25) is 28.8 Å². The number of hydrogen-bond acceptors (Lipinski definition) is 13. The van der Waals surface area contributed by atoms with Crippen molar-refractivity contribution in [2.75, 3.05) is 25.4 Å². The predicted octanol–water partition coefficient (Wildman–Crippen LogP) is -2.03. The van der Waals surface area contributed by atoms with Gasteiger partial charge in [0.15, 0.2) is 0 Å². The summed E-state index contributed by atoms with van der Waals surface area (Å²) in [6, 6.07) is 4.52. The van der Waals surface area contributed by atoms with Crippen molar-refractivity contribution in [3.8, 4) is 0 Å². The van der Waals surface area contributed by atoms with E-state index in [1.807, 2.05) is 37.4 Å². The van der Waals surface area contributed by atoms with Crippen LogP contribution < -0.4 is 34.0 Å². The molecule has 0 saturated heterocycles. The molecule has 2 rings (SSSR count). The van der Waals surface area contributed by atoms with Crippen LogP contribution in [0.4, 0.5) is 0 Å². The molecule has 0 aliphatic carbocycles. The number of carboxylic acids is 5. The Morgan fingerprint density at radius 3 is 1.75 bits per heavy atom. The lowest BCUT2D eigenvalue weighted by molar-refractivity contribution is -0.140. The van der Waals surface area contributed by atoms with Gasteiger partial charge in [-0.15, -0.1) is 0 Å². The highest BCUT2D eigenvalue weighted by molar-refractivity contribution is 7.80. The van der Waals surface area contributed by atoms with E-state index in [0.717, 1.165) is 22.9 Å². The third-order valence-electron chi connectivity index (χ3n) is 5.50. The maximum atomic E-state index is 10.6. The Morgan fingerprint density at radius 2 is 1.38 bits per heavy atom. The summed E-state index contributed by atoms with van der Waals surface area (Å²) in [5, 5.41) is 53.4. The van der Waals surface area contributed by atoms with Gasteiger partial charge in [-0.2, -0.15) is 12.6 Å². The number of aliphatic carboxylic acids is 5. The number of thiol groups is 1. The fourth-order valence-corrected chi connectivity index (χ4v) is 3.04. The summed E-state index contributed by atoms with van der Waals surface area (Å²) in [4.78, 5) is 63.3. The molecule has 19 nitrogen and oxygen atoms in total. The van der Waals surface area contributed by atoms with E-state index in [-0.39, 0.29) is 38.2 Å². The number of carbonyl (C=O) groups is 6. The zero-order valence-corrected chi connectivity index (χ0v) is 27.4. The van der Waals surface area contributed by atoms with E-state index in [1.165, 1.54) is 0 Å². The summed E-state index contributed by atoms with van der Waals surface area (Å²) < 4.78 is 0. The molecule has 1 aromatic carbocycles. The molecule has 48 heavy (non-hydrogen) atoms. The van der Waals surface area contributed by atoms with Gasteiger partial charge >= 0.3 is 29.8 Å². The van der Waals surface area contributed by atoms with E-state index >= 15 is 0 Å². The molecule has 2 aromatic rings. The number of para-hydroxylation sites is 1. The largest absolute Gasteiger partial charge is 0.480 e. The van der Waals surface area contributed by atoms with E-state index in [0.29, 0.717) is 13.0 Å². The number of aliphatic hydroxyl groups is 1. The molecule has 0 saturated carbocycles. The fourth-order valence-electron chi connectivity index (χ4n) is 2.88. The predicted molar refractivity (Wildman–Crippen MR) is 179 cm³/mol. The van der Waals surface area contributed by atoms with Crippen LogP contribution in [0.2, 0.25) is 0 Å². The molecule has 0 fully saturated rings. The minimum absolute atomic E-state index is 0.0213. The lowest BCUT2D eigenvalue weighted by Crippen LogP contribution is -2.37. The van der Waals surface area contributed by atoms with Gasteiger partial charge < -0.3 is 69.6 Å². The Bertz CT molecular complexity index is 1250. The molecular formula is C28H49N7O12S. The molecule has 1 heterocycles. The first-order valence-corrected chi connectivity index (χ1v) is 14.9. The van der Waals surface area contributed by atoms with Crippen LogP contribution in [0.25, 0.3) is 10.9 Å². The second-order valence-corrected chi connectivity index (χ2v) is 9.91. The molecule has 20 heteroatoms. The van der Waals surface area contributed by atoms with Gasteiger partial charge in [-0.25, -0.2) is 0 Å². The Balaban J connectivity index is -0.000000554. The molecule has 1 aromatic heterocycles. The second-order valence-electron chi connectivity index (χ2n) is 9.54. The van der Waals surface area contributed by atoms with Crippen LogP contribution in [0.3, 0.4) is 0 Å². The van der Waals surface area contributed by atoms with Crippen LogP contribution >= 0.6 is 12.6 Å². The molecule has 0 spiro atoms. The first-order valence-electron chi connectivity index (χ1n) is 14.3. The van der Waals surface area contributed by atoms with Crippen molar-refractivity contribution < 1.29 is 59.4 Å². The number of carbonyl (C=O) groups excluding carboxylic acids is 1. The maximum Gasteiger partial charge on any atom is 0.321 e. The number of nitrogens with two attached hydrogens (primary N) is 5. The monoisotopic (exact) mass is 707 g/mol. The van der Waals surface area contributed by atoms with Crippen LogP contribution in [0.5, 0.6) is 0 Å². The van der Waals surface area contributed by atoms with Crippen molar-refractivity contribution in [3.05, 3.63) is 36.0 Å². The number of aromatic nitrogens is 1. The van der Waals surface area contributed by atoms with Crippen LogP contribution in [0.15, 0.2) is 30.5 Å². The molecule has 4 unspecified atom stereocenters. The van der Waals surface area contributed by atoms with Crippen LogP contribution in [0, 0.1) is 0 Å². The molecule has 0 radical (unpaired) electrons. The van der Waals surface area contributed by atoms with Crippen molar-refractivity contribution in [2.24, 2.45) is 28.7 Å². The number of primary amides is 1. The lowest BCUT2D eigenvalue weighted by atomic mass is 10.1. The SMILES string of the molecule is CCCNC(CCO)C(=O)O.NC(=O)CCC(N)C(=O)O.NC(CS)C(=O)O.NC(Cc1c[nH]c2ccccc12)C(=O)O.NCC(=O)O. The van der Waals surface area contributed by atoms with Gasteiger partial charge in [-0.05, 0) is 37.4 Å². The topological polar surface area (TPSA) is 382 Å². The number of nitrogens with one attached hydrogen (secondary N) is 2. The summed E-state index contributed by atoms with van der Waals surface area (Å²) in [7, 11) is 0. The van der Waals surface area contributed by atoms with Gasteiger partial charge in [0.05, 0.1) is 6.54 Å². The summed E-state index contributed by atoms with van der Waals surface area (Å²) in [5.74, 6) is -5.29. The number of aromatic amines is 1. The van der Waals surface area contributed by atoms with Crippen LogP contribution in [-0.4, -0.2) is 121 Å². The van der Waals surface area contributed by atoms with Crippen molar-refractivity contribution in [3.63, 3.8) is 0 Å². The number of carboxylic acid groups (broad SMARTS) is 5. The second kappa shape index (κ2) is 28.9. The smallest absolute Gasteiger partial charge is 0.321 e. The highest BCUT2D eigenvalue weighted by Gasteiger charge is 2.15. The normalized spacial score (nSPS) is 12.3. The number of rotatable bonds is 16. The molecule has 0 aliphatic heterocycles. The quantitative estimate of drug-likeness (QED) is 0.0836. The van der Waals surface area contributed by atoms with Crippen molar-refractivity contribution in [1.29, 1.82) is 0 Å².